The second-order valence-corrected chi connectivity index (χ2v) is 3.21. The van der Waals surface area contributed by atoms with E-state index >= 15 is 0 Å². The smallest absolute Gasteiger partial charge is 0.257 e. The lowest BCUT2D eigenvalue weighted by Gasteiger charge is -2.10. The molecule has 0 spiro atoms. The Labute approximate surface area is 88.4 Å². The molecule has 1 heterocycles. The third-order valence-electron chi connectivity index (χ3n) is 2.12. The Morgan fingerprint density at radius 1 is 1.80 bits per heavy atom. The van der Waals surface area contributed by atoms with Crippen LogP contribution in [-0.2, 0) is 0 Å². The van der Waals surface area contributed by atoms with E-state index in [-0.39, 0.29) is 17.8 Å². The average molecular weight is 206 g/mol. The Morgan fingerprint density at radius 3 is 2.87 bits per heavy atom. The van der Waals surface area contributed by atoms with Crippen LogP contribution in [0.25, 0.3) is 0 Å². The van der Waals surface area contributed by atoms with Crippen LogP contribution in [0.4, 0.5) is 5.82 Å². The van der Waals surface area contributed by atoms with Crippen molar-refractivity contribution in [3.05, 3.63) is 11.3 Å². The normalized spacial score (nSPS) is 11.8. The minimum atomic E-state index is -0.288. The fourth-order valence-corrected chi connectivity index (χ4v) is 1.23. The summed E-state index contributed by atoms with van der Waals surface area (Å²) in [6.45, 7) is 3.63. The number of carbonyl (C=O) groups is 1. The topological polar surface area (TPSA) is 83.8 Å². The molecule has 1 rings (SSSR count). The second-order valence-electron chi connectivity index (χ2n) is 3.21. The Hall–Kier alpha value is -1.96. The van der Waals surface area contributed by atoms with E-state index in [4.69, 9.17) is 12.2 Å². The van der Waals surface area contributed by atoms with Crippen LogP contribution in [0.3, 0.4) is 0 Å². The second kappa shape index (κ2) is 4.51. The maximum absolute atomic E-state index is 11.7. The lowest BCUT2D eigenvalue weighted by Crippen LogP contribution is -2.33. The van der Waals surface area contributed by atoms with Gasteiger partial charge in [0.2, 0.25) is 0 Å². The van der Waals surface area contributed by atoms with E-state index in [2.05, 4.69) is 21.4 Å². The van der Waals surface area contributed by atoms with Crippen molar-refractivity contribution in [1.29, 1.82) is 0 Å². The zero-order valence-corrected chi connectivity index (χ0v) is 8.79. The van der Waals surface area contributed by atoms with Gasteiger partial charge in [0.1, 0.15) is 5.56 Å². The molecule has 0 bridgehead atoms. The lowest BCUT2D eigenvalue weighted by atomic mass is 10.2. The fourth-order valence-electron chi connectivity index (χ4n) is 1.23. The molecule has 0 saturated carbocycles. The highest BCUT2D eigenvalue weighted by Gasteiger charge is 2.17. The predicted molar refractivity (Wildman–Crippen MR) is 58.1 cm³/mol. The molecule has 4 N–H and O–H groups in total. The quantitative estimate of drug-likeness (QED) is 0.627. The van der Waals surface area contributed by atoms with Crippen molar-refractivity contribution in [3.63, 3.8) is 0 Å². The number of rotatable bonds is 3. The first-order valence-corrected chi connectivity index (χ1v) is 4.67. The van der Waals surface area contributed by atoms with Crippen molar-refractivity contribution < 1.29 is 4.79 Å². The summed E-state index contributed by atoms with van der Waals surface area (Å²) >= 11 is 0. The highest BCUT2D eigenvalue weighted by Crippen LogP contribution is 2.12. The molecule has 0 aromatic carbocycles. The van der Waals surface area contributed by atoms with Gasteiger partial charge in [0, 0.05) is 5.69 Å². The Morgan fingerprint density at radius 2 is 2.47 bits per heavy atom. The van der Waals surface area contributed by atoms with E-state index in [0.717, 1.165) is 0 Å². The lowest BCUT2D eigenvalue weighted by molar-refractivity contribution is 0.0945. The number of aromatic nitrogens is 2. The van der Waals surface area contributed by atoms with E-state index in [1.54, 1.807) is 6.92 Å². The summed E-state index contributed by atoms with van der Waals surface area (Å²) in [6.07, 6.45) is 5.92. The van der Waals surface area contributed by atoms with Crippen LogP contribution in [0.2, 0.25) is 0 Å². The number of H-pyrrole nitrogens is 1. The first kappa shape index (κ1) is 11.1. The van der Waals surface area contributed by atoms with Crippen LogP contribution >= 0.6 is 0 Å². The summed E-state index contributed by atoms with van der Waals surface area (Å²) in [5, 5.41) is 9.06. The average Bonchev–Trinajstić information content (AvgIpc) is 2.55. The number of terminal acetylenes is 1. The molecule has 0 aliphatic heterocycles. The van der Waals surface area contributed by atoms with Crippen molar-refractivity contribution in [2.45, 2.75) is 26.3 Å². The van der Waals surface area contributed by atoms with Crippen LogP contribution in [0.5, 0.6) is 0 Å². The van der Waals surface area contributed by atoms with Gasteiger partial charge in [-0.15, -0.1) is 6.42 Å². The number of nitrogens with one attached hydrogen (secondary N) is 2. The van der Waals surface area contributed by atoms with Gasteiger partial charge in [-0.2, -0.15) is 5.10 Å². The number of hydrogen-bond donors (Lipinski definition) is 3. The number of anilines is 1. The molecular weight excluding hydrogens is 192 g/mol. The molecule has 1 aromatic heterocycles. The number of aryl methyl sites for hydroxylation is 1. The van der Waals surface area contributed by atoms with Crippen molar-refractivity contribution in [1.82, 2.24) is 15.5 Å². The van der Waals surface area contributed by atoms with Crippen molar-refractivity contribution in [2.24, 2.45) is 0 Å². The van der Waals surface area contributed by atoms with Crippen molar-refractivity contribution in [2.75, 3.05) is 5.73 Å². The molecule has 15 heavy (non-hydrogen) atoms. The van der Waals surface area contributed by atoms with E-state index in [1.807, 2.05) is 6.92 Å². The summed E-state index contributed by atoms with van der Waals surface area (Å²) in [7, 11) is 0. The highest BCUT2D eigenvalue weighted by molar-refractivity contribution is 5.99. The van der Waals surface area contributed by atoms with Crippen molar-refractivity contribution in [3.8, 4) is 12.3 Å². The number of nitrogen functional groups attached to an aromatic ring is 1. The minimum Gasteiger partial charge on any atom is -0.382 e. The molecular formula is C10H14N4O. The van der Waals surface area contributed by atoms with Crippen molar-refractivity contribution >= 4 is 11.7 Å². The van der Waals surface area contributed by atoms with Gasteiger partial charge in [-0.25, -0.2) is 0 Å². The third kappa shape index (κ3) is 2.29. The van der Waals surface area contributed by atoms with Crippen LogP contribution in [0, 0.1) is 19.3 Å². The van der Waals surface area contributed by atoms with Gasteiger partial charge < -0.3 is 11.1 Å². The Bertz CT molecular complexity index is 383. The molecule has 5 nitrogen and oxygen atoms in total. The molecule has 1 aromatic rings. The zero-order chi connectivity index (χ0) is 11.4. The summed E-state index contributed by atoms with van der Waals surface area (Å²) in [5.41, 5.74) is 6.55. The predicted octanol–water partition coefficient (Wildman–Crippen LogP) is 0.442. The molecule has 5 heteroatoms. The molecule has 80 valence electrons. The van der Waals surface area contributed by atoms with E-state index < -0.39 is 0 Å². The number of carbonyl (C=O) groups excluding carboxylic acids is 1. The SMILES string of the molecule is C#CC(CC)NC(=O)c1c(N)n[nH]c1C. The van der Waals surface area contributed by atoms with Gasteiger partial charge in [0.15, 0.2) is 5.82 Å². The van der Waals surface area contributed by atoms with Crippen LogP contribution in [-0.4, -0.2) is 22.1 Å². The molecule has 0 radical (unpaired) electrons. The minimum absolute atomic E-state index is 0.192. The van der Waals surface area contributed by atoms with Crippen LogP contribution in [0.1, 0.15) is 29.4 Å². The fraction of sp³-hybridized carbons (Fsp3) is 0.400. The molecule has 0 fully saturated rings. The molecule has 0 aliphatic carbocycles. The third-order valence-corrected chi connectivity index (χ3v) is 2.12. The van der Waals surface area contributed by atoms with E-state index in [1.165, 1.54) is 0 Å². The van der Waals surface area contributed by atoms with E-state index in [9.17, 15) is 4.79 Å². The van der Waals surface area contributed by atoms with Gasteiger partial charge >= 0.3 is 0 Å². The standard InChI is InChI=1S/C10H14N4O/c1-4-7(5-2)12-10(15)8-6(3)13-14-9(8)11/h1,7H,5H2,2-3H3,(H,12,15)(H3,11,13,14). The number of amides is 1. The Kier molecular flexibility index (Phi) is 3.34. The van der Waals surface area contributed by atoms with E-state index in [0.29, 0.717) is 17.7 Å². The summed E-state index contributed by atoms with van der Waals surface area (Å²) < 4.78 is 0. The number of aromatic amines is 1. The van der Waals surface area contributed by atoms with Gasteiger partial charge in [-0.05, 0) is 13.3 Å². The van der Waals surface area contributed by atoms with Gasteiger partial charge in [-0.3, -0.25) is 9.89 Å². The van der Waals surface area contributed by atoms with Crippen LogP contribution < -0.4 is 11.1 Å². The number of nitrogens with two attached hydrogens (primary N) is 1. The molecule has 0 aliphatic rings. The first-order chi connectivity index (χ1) is 7.10. The Balaban J connectivity index is 2.83. The monoisotopic (exact) mass is 206 g/mol. The van der Waals surface area contributed by atoms with Crippen LogP contribution in [0.15, 0.2) is 0 Å². The van der Waals surface area contributed by atoms with Gasteiger partial charge in [-0.1, -0.05) is 12.8 Å². The molecule has 1 amide bonds. The largest absolute Gasteiger partial charge is 0.382 e. The van der Waals surface area contributed by atoms with Gasteiger partial charge in [0.25, 0.3) is 5.91 Å². The first-order valence-electron chi connectivity index (χ1n) is 4.67. The summed E-state index contributed by atoms with van der Waals surface area (Å²) in [5.74, 6) is 2.38. The maximum atomic E-state index is 11.7. The summed E-state index contributed by atoms with van der Waals surface area (Å²) in [4.78, 5) is 11.7. The molecule has 1 unspecified atom stereocenters. The molecule has 0 saturated heterocycles. The maximum Gasteiger partial charge on any atom is 0.257 e. The molecule has 1 atom stereocenters. The van der Waals surface area contributed by atoms with Gasteiger partial charge in [0.05, 0.1) is 6.04 Å². The highest BCUT2D eigenvalue weighted by atomic mass is 16.1. The number of nitrogens with zero attached hydrogens (tertiary/aromatic N) is 1. The summed E-state index contributed by atoms with van der Waals surface area (Å²) in [6, 6.07) is -0.272. The number of hydrogen-bond acceptors (Lipinski definition) is 3. The zero-order valence-electron chi connectivity index (χ0n) is 8.79.